The lowest BCUT2D eigenvalue weighted by Gasteiger charge is -2.09. The standard InChI is InChI=1S/C24H23BrNO3.HI/c1-28-22-12-18-11-19(24(27)20(18)13-23(22)29-2)10-17-8-9-26(15-21(17)25)14-16-6-4-3-5-7-16;/h3-9,12-13,15,19H,10-11,14H2,1-2H3;1H/q+1;/p-1. The molecule has 0 bridgehead atoms. The van der Waals surface area contributed by atoms with Crippen molar-refractivity contribution in [1.29, 1.82) is 0 Å². The summed E-state index contributed by atoms with van der Waals surface area (Å²) in [6.07, 6.45) is 5.58. The third-order valence-electron chi connectivity index (χ3n) is 5.44. The molecule has 2 aromatic carbocycles. The van der Waals surface area contributed by atoms with Gasteiger partial charge in [0.1, 0.15) is 0 Å². The van der Waals surface area contributed by atoms with Crippen LogP contribution in [0.15, 0.2) is 65.4 Å². The first kappa shape index (κ1) is 22.7. The topological polar surface area (TPSA) is 39.4 Å². The normalized spacial score (nSPS) is 14.8. The molecule has 0 radical (unpaired) electrons. The molecule has 156 valence electrons. The van der Waals surface area contributed by atoms with E-state index in [2.05, 4.69) is 51.1 Å². The van der Waals surface area contributed by atoms with Gasteiger partial charge < -0.3 is 33.5 Å². The van der Waals surface area contributed by atoms with Gasteiger partial charge in [-0.2, -0.15) is 4.57 Å². The number of halogens is 2. The molecule has 0 amide bonds. The van der Waals surface area contributed by atoms with E-state index in [-0.39, 0.29) is 35.7 Å². The van der Waals surface area contributed by atoms with Crippen LogP contribution in [0.3, 0.4) is 0 Å². The molecule has 1 atom stereocenters. The number of aromatic nitrogens is 1. The molecule has 0 N–H and O–H groups in total. The Morgan fingerprint density at radius 2 is 1.77 bits per heavy atom. The van der Waals surface area contributed by atoms with Gasteiger partial charge in [-0.05, 0) is 52.0 Å². The second kappa shape index (κ2) is 9.92. The highest BCUT2D eigenvalue weighted by Crippen LogP contribution is 2.38. The molecule has 6 heteroatoms. The maximum atomic E-state index is 13.0. The highest BCUT2D eigenvalue weighted by molar-refractivity contribution is 9.10. The van der Waals surface area contributed by atoms with Gasteiger partial charge in [0.2, 0.25) is 0 Å². The lowest BCUT2D eigenvalue weighted by molar-refractivity contribution is -0.689. The van der Waals surface area contributed by atoms with E-state index in [0.717, 1.165) is 34.1 Å². The number of nitrogens with zero attached hydrogens (tertiary/aromatic N) is 1. The van der Waals surface area contributed by atoms with Gasteiger partial charge in [-0.15, -0.1) is 0 Å². The number of Topliss-reactive ketones (excluding diaryl/α,β-unsaturated/α-hetero) is 1. The van der Waals surface area contributed by atoms with Crippen LogP contribution in [0.1, 0.15) is 27.0 Å². The highest BCUT2D eigenvalue weighted by atomic mass is 127. The van der Waals surface area contributed by atoms with E-state index in [1.165, 1.54) is 5.56 Å². The second-order valence-electron chi connectivity index (χ2n) is 7.31. The predicted octanol–water partition coefficient (Wildman–Crippen LogP) is 1.40. The van der Waals surface area contributed by atoms with Crippen LogP contribution in [0.25, 0.3) is 0 Å². The zero-order valence-corrected chi connectivity index (χ0v) is 20.6. The molecular weight excluding hydrogens is 557 g/mol. The molecule has 0 saturated carbocycles. The molecule has 30 heavy (non-hydrogen) atoms. The molecular formula is C24H23BrINO3. The summed E-state index contributed by atoms with van der Waals surface area (Å²) in [5.41, 5.74) is 4.17. The Morgan fingerprint density at radius 1 is 1.07 bits per heavy atom. The first-order valence-electron chi connectivity index (χ1n) is 9.59. The molecule has 0 spiro atoms. The van der Waals surface area contributed by atoms with Gasteiger partial charge in [-0.25, -0.2) is 0 Å². The minimum absolute atomic E-state index is 0. The Bertz CT molecular complexity index is 1060. The molecule has 1 heterocycles. The summed E-state index contributed by atoms with van der Waals surface area (Å²) < 4.78 is 13.9. The summed E-state index contributed by atoms with van der Waals surface area (Å²) in [6, 6.07) is 16.2. The summed E-state index contributed by atoms with van der Waals surface area (Å²) >= 11 is 3.70. The van der Waals surface area contributed by atoms with Crippen LogP contribution in [0.4, 0.5) is 0 Å². The van der Waals surface area contributed by atoms with Crippen molar-refractivity contribution in [2.24, 2.45) is 5.92 Å². The monoisotopic (exact) mass is 579 g/mol. The maximum absolute atomic E-state index is 13.0. The molecule has 4 nitrogen and oxygen atoms in total. The van der Waals surface area contributed by atoms with Crippen molar-refractivity contribution in [3.8, 4) is 11.5 Å². The molecule has 0 saturated heterocycles. The third-order valence-corrected chi connectivity index (χ3v) is 6.15. The van der Waals surface area contributed by atoms with Crippen molar-refractivity contribution < 1.29 is 42.8 Å². The van der Waals surface area contributed by atoms with Gasteiger partial charge >= 0.3 is 0 Å². The van der Waals surface area contributed by atoms with Crippen LogP contribution in [0.5, 0.6) is 11.5 Å². The van der Waals surface area contributed by atoms with Gasteiger partial charge in [0, 0.05) is 23.1 Å². The molecule has 0 aliphatic heterocycles. The first-order chi connectivity index (χ1) is 14.1. The minimum atomic E-state index is -0.0666. The van der Waals surface area contributed by atoms with Crippen LogP contribution < -0.4 is 38.0 Å². The zero-order valence-electron chi connectivity index (χ0n) is 16.9. The average molecular weight is 580 g/mol. The number of pyridine rings is 1. The summed E-state index contributed by atoms with van der Waals surface area (Å²) in [7, 11) is 3.21. The number of fused-ring (bicyclic) bond motifs is 1. The quantitative estimate of drug-likeness (QED) is 0.327. The summed E-state index contributed by atoms with van der Waals surface area (Å²) in [5, 5.41) is 0. The van der Waals surface area contributed by atoms with Gasteiger partial charge in [-0.3, -0.25) is 4.79 Å². The Hall–Kier alpha value is -1.93. The SMILES string of the molecule is COc1cc2c(cc1OC)C(=O)C(Cc1cc[n+](Cc3ccccc3)cc1Br)C2.[I-]. The number of methoxy groups -OCH3 is 2. The fraction of sp³-hybridized carbons (Fsp3) is 0.250. The van der Waals surface area contributed by atoms with Crippen LogP contribution in [0, 0.1) is 5.92 Å². The highest BCUT2D eigenvalue weighted by Gasteiger charge is 2.32. The Labute approximate surface area is 202 Å². The van der Waals surface area contributed by atoms with Gasteiger partial charge in [0.05, 0.1) is 18.7 Å². The van der Waals surface area contributed by atoms with E-state index in [1.54, 1.807) is 14.2 Å². The first-order valence-corrected chi connectivity index (χ1v) is 10.4. The molecule has 1 aliphatic rings. The minimum Gasteiger partial charge on any atom is -1.00 e. The van der Waals surface area contributed by atoms with E-state index < -0.39 is 0 Å². The van der Waals surface area contributed by atoms with Crippen molar-refractivity contribution in [3.63, 3.8) is 0 Å². The number of hydrogen-bond donors (Lipinski definition) is 0. The van der Waals surface area contributed by atoms with Crippen LogP contribution in [-0.2, 0) is 19.4 Å². The van der Waals surface area contributed by atoms with Crippen molar-refractivity contribution in [2.75, 3.05) is 14.2 Å². The number of benzene rings is 2. The number of ketones is 1. The van der Waals surface area contributed by atoms with Crippen LogP contribution >= 0.6 is 15.9 Å². The van der Waals surface area contributed by atoms with E-state index in [1.807, 2.05) is 30.3 Å². The van der Waals surface area contributed by atoms with Crippen LogP contribution in [0.2, 0.25) is 0 Å². The van der Waals surface area contributed by atoms with Crippen molar-refractivity contribution >= 4 is 21.7 Å². The molecule has 1 aliphatic carbocycles. The molecule has 1 unspecified atom stereocenters. The lowest BCUT2D eigenvalue weighted by Crippen LogP contribution is -3.00. The summed E-state index contributed by atoms with van der Waals surface area (Å²) in [4.78, 5) is 13.0. The molecule has 3 aromatic rings. The third kappa shape index (κ3) is 4.70. The zero-order chi connectivity index (χ0) is 20.4. The van der Waals surface area contributed by atoms with Crippen molar-refractivity contribution in [3.05, 3.63) is 87.7 Å². The summed E-state index contributed by atoms with van der Waals surface area (Å²) in [5.74, 6) is 1.38. The van der Waals surface area contributed by atoms with Gasteiger partial charge in [0.15, 0.2) is 36.2 Å². The van der Waals surface area contributed by atoms with E-state index >= 15 is 0 Å². The van der Waals surface area contributed by atoms with Crippen molar-refractivity contribution in [1.82, 2.24) is 0 Å². The van der Waals surface area contributed by atoms with Gasteiger partial charge in [0.25, 0.3) is 0 Å². The molecule has 1 aromatic heterocycles. The second-order valence-corrected chi connectivity index (χ2v) is 8.16. The Balaban J connectivity index is 0.00000256. The number of carbonyl (C=O) groups is 1. The largest absolute Gasteiger partial charge is 1.00 e. The maximum Gasteiger partial charge on any atom is 0.183 e. The molecule has 0 fully saturated rings. The number of rotatable bonds is 6. The van der Waals surface area contributed by atoms with E-state index in [4.69, 9.17) is 9.47 Å². The fourth-order valence-corrected chi connectivity index (χ4v) is 4.48. The average Bonchev–Trinajstić information content (AvgIpc) is 3.04. The van der Waals surface area contributed by atoms with Gasteiger partial charge in [-0.1, -0.05) is 30.3 Å². The summed E-state index contributed by atoms with van der Waals surface area (Å²) in [6.45, 7) is 0.813. The number of carbonyl (C=O) groups excluding carboxylic acids is 1. The Kier molecular flexibility index (Phi) is 7.52. The number of ether oxygens (including phenoxy) is 2. The molecule has 4 rings (SSSR count). The smallest absolute Gasteiger partial charge is 0.183 e. The lowest BCUT2D eigenvalue weighted by atomic mass is 9.96. The number of hydrogen-bond acceptors (Lipinski definition) is 3. The van der Waals surface area contributed by atoms with E-state index in [0.29, 0.717) is 17.9 Å². The fourth-order valence-electron chi connectivity index (χ4n) is 3.92. The Morgan fingerprint density at radius 3 is 2.43 bits per heavy atom. The predicted molar refractivity (Wildman–Crippen MR) is 115 cm³/mol. The van der Waals surface area contributed by atoms with Crippen molar-refractivity contribution in [2.45, 2.75) is 19.4 Å². The van der Waals surface area contributed by atoms with E-state index in [9.17, 15) is 4.79 Å². The van der Waals surface area contributed by atoms with Crippen LogP contribution in [-0.4, -0.2) is 20.0 Å².